The lowest BCUT2D eigenvalue weighted by Gasteiger charge is -2.37. The van der Waals surface area contributed by atoms with Gasteiger partial charge < -0.3 is 19.3 Å². The number of rotatable bonds is 8. The number of methoxy groups -OCH3 is 1. The molecule has 1 aromatic heterocycles. The highest BCUT2D eigenvalue weighted by Gasteiger charge is 2.26. The summed E-state index contributed by atoms with van der Waals surface area (Å²) in [6.45, 7) is 13.1. The van der Waals surface area contributed by atoms with Gasteiger partial charge in [0, 0.05) is 34.3 Å². The zero-order valence-electron chi connectivity index (χ0n) is 17.7. The number of benzene rings is 1. The van der Waals surface area contributed by atoms with E-state index in [1.165, 1.54) is 11.6 Å². The lowest BCUT2D eigenvalue weighted by atomic mass is 10.2. The predicted molar refractivity (Wildman–Crippen MR) is 117 cm³/mol. The van der Waals surface area contributed by atoms with Gasteiger partial charge in [-0.25, -0.2) is 9.97 Å². The van der Waals surface area contributed by atoms with Crippen molar-refractivity contribution in [1.29, 1.82) is 0 Å². The van der Waals surface area contributed by atoms with E-state index in [4.69, 9.17) is 14.5 Å². The van der Waals surface area contributed by atoms with E-state index in [2.05, 4.69) is 46.6 Å². The maximum atomic E-state index is 5.98. The van der Waals surface area contributed by atoms with Crippen LogP contribution < -0.4 is 14.5 Å². The van der Waals surface area contributed by atoms with Crippen molar-refractivity contribution in [2.45, 2.75) is 39.2 Å². The highest BCUT2D eigenvalue weighted by molar-refractivity contribution is 6.76. The molecular weight excluding hydrogens is 368 g/mol. The molecule has 0 saturated carbocycles. The van der Waals surface area contributed by atoms with Crippen molar-refractivity contribution < 1.29 is 9.47 Å². The minimum absolute atomic E-state index is 0.575. The molecular formula is C21H32N4O2Si. The van der Waals surface area contributed by atoms with Crippen LogP contribution in [0.5, 0.6) is 5.75 Å². The highest BCUT2D eigenvalue weighted by Crippen LogP contribution is 2.30. The van der Waals surface area contributed by atoms with E-state index < -0.39 is 8.07 Å². The zero-order chi connectivity index (χ0) is 20.1. The van der Waals surface area contributed by atoms with Gasteiger partial charge in [0.05, 0.1) is 19.0 Å². The van der Waals surface area contributed by atoms with Crippen LogP contribution in [0.2, 0.25) is 25.7 Å². The van der Waals surface area contributed by atoms with Crippen LogP contribution in [0.1, 0.15) is 11.3 Å². The molecule has 6 nitrogen and oxygen atoms in total. The third kappa shape index (κ3) is 5.45. The molecule has 3 rings (SSSR count). The molecule has 0 amide bonds. The Kier molecular flexibility index (Phi) is 6.56. The van der Waals surface area contributed by atoms with Gasteiger partial charge in [0.25, 0.3) is 0 Å². The maximum absolute atomic E-state index is 5.98. The molecule has 0 radical (unpaired) electrons. The van der Waals surface area contributed by atoms with Gasteiger partial charge >= 0.3 is 0 Å². The average molecular weight is 401 g/mol. The number of aromatic nitrogens is 2. The Bertz CT molecular complexity index is 777. The normalized spacial score (nSPS) is 14.2. The third-order valence-electron chi connectivity index (χ3n) is 4.87. The van der Waals surface area contributed by atoms with Gasteiger partial charge in [0.2, 0.25) is 0 Å². The molecule has 2 aromatic rings. The van der Waals surface area contributed by atoms with E-state index in [9.17, 15) is 0 Å². The van der Waals surface area contributed by atoms with Crippen molar-refractivity contribution >= 4 is 19.7 Å². The fourth-order valence-corrected chi connectivity index (χ4v) is 3.89. The number of hydrogen-bond donors (Lipinski definition) is 0. The summed E-state index contributed by atoms with van der Waals surface area (Å²) >= 11 is 0. The summed E-state index contributed by atoms with van der Waals surface area (Å²) in [7, 11) is 0.616. The minimum atomic E-state index is -1.07. The molecule has 0 atom stereocenters. The monoisotopic (exact) mass is 400 g/mol. The maximum Gasteiger partial charge on any atom is 0.173 e. The molecule has 0 spiro atoms. The average Bonchev–Trinajstić information content (AvgIpc) is 2.66. The van der Waals surface area contributed by atoms with Crippen molar-refractivity contribution in [2.75, 3.05) is 43.3 Å². The summed E-state index contributed by atoms with van der Waals surface area (Å²) < 4.78 is 11.2. The largest absolute Gasteiger partial charge is 0.497 e. The highest BCUT2D eigenvalue weighted by atomic mass is 28.3. The second-order valence-corrected chi connectivity index (χ2v) is 14.2. The van der Waals surface area contributed by atoms with Crippen LogP contribution in [0.3, 0.4) is 0 Å². The molecule has 0 saturated heterocycles. The first kappa shape index (κ1) is 20.6. The molecule has 0 bridgehead atoms. The summed E-state index contributed by atoms with van der Waals surface area (Å²) in [4.78, 5) is 14.0. The Morgan fingerprint density at radius 1 is 1.04 bits per heavy atom. The van der Waals surface area contributed by atoms with Crippen molar-refractivity contribution in [3.8, 4) is 5.75 Å². The zero-order valence-corrected chi connectivity index (χ0v) is 18.7. The Balaban J connectivity index is 1.69. The molecule has 7 heteroatoms. The van der Waals surface area contributed by atoms with Gasteiger partial charge in [-0.15, -0.1) is 0 Å². The standard InChI is InChI=1S/C21H32N4O2Si/c1-17-14-22-20-21(23-17)24(15-18-6-8-19(26-2)9-7-18)10-11-25(20)16-27-12-13-28(3,4)5/h6-9,14H,10-13,15-16H2,1-5H3. The summed E-state index contributed by atoms with van der Waals surface area (Å²) in [5.41, 5.74) is 2.16. The van der Waals surface area contributed by atoms with E-state index >= 15 is 0 Å². The predicted octanol–water partition coefficient (Wildman–Crippen LogP) is 3.93. The molecule has 0 unspecified atom stereocenters. The lowest BCUT2D eigenvalue weighted by Crippen LogP contribution is -2.43. The molecule has 0 N–H and O–H groups in total. The van der Waals surface area contributed by atoms with E-state index in [0.29, 0.717) is 6.73 Å². The van der Waals surface area contributed by atoms with Gasteiger partial charge in [-0.05, 0) is 30.7 Å². The molecule has 1 aliphatic heterocycles. The van der Waals surface area contributed by atoms with Gasteiger partial charge in [-0.3, -0.25) is 0 Å². The summed E-state index contributed by atoms with van der Waals surface area (Å²) in [5.74, 6) is 2.73. The Morgan fingerprint density at radius 2 is 1.75 bits per heavy atom. The van der Waals surface area contributed by atoms with Crippen LogP contribution in [0, 0.1) is 6.92 Å². The Morgan fingerprint density at radius 3 is 2.43 bits per heavy atom. The lowest BCUT2D eigenvalue weighted by molar-refractivity contribution is 0.145. The van der Waals surface area contributed by atoms with Gasteiger partial charge in [0.15, 0.2) is 11.6 Å². The van der Waals surface area contributed by atoms with Gasteiger partial charge in [-0.2, -0.15) is 0 Å². The van der Waals surface area contributed by atoms with Gasteiger partial charge in [-0.1, -0.05) is 31.8 Å². The fourth-order valence-electron chi connectivity index (χ4n) is 3.13. The van der Waals surface area contributed by atoms with Gasteiger partial charge in [0.1, 0.15) is 12.5 Å². The number of aryl methyl sites for hydroxylation is 1. The first-order valence-corrected chi connectivity index (χ1v) is 13.6. The number of fused-ring (bicyclic) bond motifs is 1. The van der Waals surface area contributed by atoms with Crippen LogP contribution in [-0.2, 0) is 11.3 Å². The number of anilines is 2. The van der Waals surface area contributed by atoms with Crippen molar-refractivity contribution in [1.82, 2.24) is 9.97 Å². The summed E-state index contributed by atoms with van der Waals surface area (Å²) in [6, 6.07) is 9.39. The first-order valence-electron chi connectivity index (χ1n) is 9.90. The van der Waals surface area contributed by atoms with E-state index in [1.807, 2.05) is 25.3 Å². The SMILES string of the molecule is COc1ccc(CN2CCN(COCC[Si](C)(C)C)c3ncc(C)nc32)cc1. The van der Waals surface area contributed by atoms with Crippen LogP contribution in [0.15, 0.2) is 30.5 Å². The fraction of sp³-hybridized carbons (Fsp3) is 0.524. The molecule has 28 heavy (non-hydrogen) atoms. The molecule has 152 valence electrons. The second kappa shape index (κ2) is 8.92. The number of ether oxygens (including phenoxy) is 2. The van der Waals surface area contributed by atoms with E-state index in [0.717, 1.165) is 49.3 Å². The second-order valence-electron chi connectivity index (χ2n) is 8.54. The molecule has 2 heterocycles. The summed E-state index contributed by atoms with van der Waals surface area (Å²) in [5, 5.41) is 0. The van der Waals surface area contributed by atoms with E-state index in [-0.39, 0.29) is 0 Å². The minimum Gasteiger partial charge on any atom is -0.497 e. The van der Waals surface area contributed by atoms with Crippen molar-refractivity contribution in [2.24, 2.45) is 0 Å². The molecule has 0 aliphatic carbocycles. The molecule has 1 aliphatic rings. The summed E-state index contributed by atoms with van der Waals surface area (Å²) in [6.07, 6.45) is 1.84. The van der Waals surface area contributed by atoms with Crippen LogP contribution in [-0.4, -0.2) is 51.6 Å². The van der Waals surface area contributed by atoms with Crippen LogP contribution >= 0.6 is 0 Å². The number of nitrogens with zero attached hydrogens (tertiary/aromatic N) is 4. The van der Waals surface area contributed by atoms with Crippen LogP contribution in [0.4, 0.5) is 11.6 Å². The van der Waals surface area contributed by atoms with Crippen LogP contribution in [0.25, 0.3) is 0 Å². The first-order chi connectivity index (χ1) is 13.4. The third-order valence-corrected chi connectivity index (χ3v) is 6.57. The topological polar surface area (TPSA) is 50.7 Å². The van der Waals surface area contributed by atoms with Crippen molar-refractivity contribution in [3.63, 3.8) is 0 Å². The Hall–Kier alpha value is -2.12. The van der Waals surface area contributed by atoms with Crippen molar-refractivity contribution in [3.05, 3.63) is 41.7 Å². The smallest absolute Gasteiger partial charge is 0.173 e. The molecule has 0 fully saturated rings. The quantitative estimate of drug-likeness (QED) is 0.494. The van der Waals surface area contributed by atoms with E-state index in [1.54, 1.807) is 7.11 Å². The Labute approximate surface area is 169 Å². The number of hydrogen-bond acceptors (Lipinski definition) is 6. The molecule has 1 aromatic carbocycles.